The zero-order valence-electron chi connectivity index (χ0n) is 6.80. The summed E-state index contributed by atoms with van der Waals surface area (Å²) in [6, 6.07) is 0. The smallest absolute Gasteiger partial charge is 0.331 e. The molecule has 60 valence electrons. The summed E-state index contributed by atoms with van der Waals surface area (Å²) < 4.78 is 0. The van der Waals surface area contributed by atoms with E-state index in [1.807, 2.05) is 19.6 Å². The van der Waals surface area contributed by atoms with Crippen LogP contribution in [0.5, 0.6) is 0 Å². The van der Waals surface area contributed by atoms with Crippen LogP contribution in [0, 0.1) is 0 Å². The predicted molar refractivity (Wildman–Crippen MR) is 41.6 cm³/mol. The van der Waals surface area contributed by atoms with Crippen LogP contribution in [0.4, 0.5) is 0 Å². The molecule has 0 saturated carbocycles. The van der Waals surface area contributed by atoms with Gasteiger partial charge in [0.05, 0.1) is 8.07 Å². The Bertz CT molecular complexity index is 146. The quantitative estimate of drug-likeness (QED) is 0.588. The van der Waals surface area contributed by atoms with Crippen LogP contribution in [0.2, 0.25) is 19.6 Å². The van der Waals surface area contributed by atoms with Crippen molar-refractivity contribution in [3.05, 3.63) is 0 Å². The van der Waals surface area contributed by atoms with E-state index in [2.05, 4.69) is 0 Å². The van der Waals surface area contributed by atoms with Gasteiger partial charge in [-0.3, -0.25) is 0 Å². The van der Waals surface area contributed by atoms with E-state index in [0.29, 0.717) is 0 Å². The second kappa shape index (κ2) is 2.36. The minimum absolute atomic E-state index is 1.12. The standard InChI is InChI=1S/C6H14O3Si/c1-6(9,5(7)8)10(2,3)4/h9H,1-4H3,(H,7,8)/t6-/m0/s1. The lowest BCUT2D eigenvalue weighted by atomic mass is 10.4. The molecule has 0 aliphatic carbocycles. The third-order valence-electron chi connectivity index (χ3n) is 1.88. The Morgan fingerprint density at radius 1 is 1.40 bits per heavy atom. The van der Waals surface area contributed by atoms with E-state index in [4.69, 9.17) is 5.11 Å². The summed E-state index contributed by atoms with van der Waals surface area (Å²) in [4.78, 5) is 10.5. The Hall–Kier alpha value is -0.353. The van der Waals surface area contributed by atoms with E-state index in [-0.39, 0.29) is 0 Å². The van der Waals surface area contributed by atoms with Crippen molar-refractivity contribution >= 4 is 14.0 Å². The first-order valence-electron chi connectivity index (χ1n) is 3.15. The highest BCUT2D eigenvalue weighted by atomic mass is 28.3. The van der Waals surface area contributed by atoms with Crippen LogP contribution < -0.4 is 0 Å². The average molecular weight is 162 g/mol. The monoisotopic (exact) mass is 162 g/mol. The molecule has 0 heterocycles. The van der Waals surface area contributed by atoms with E-state index in [9.17, 15) is 9.90 Å². The number of carboxylic acids is 1. The molecule has 0 amide bonds. The van der Waals surface area contributed by atoms with Gasteiger partial charge in [0.1, 0.15) is 5.22 Å². The largest absolute Gasteiger partial charge is 0.479 e. The molecule has 0 aromatic heterocycles. The predicted octanol–water partition coefficient (Wildman–Crippen LogP) is 0.699. The van der Waals surface area contributed by atoms with Crippen LogP contribution in [0.15, 0.2) is 0 Å². The van der Waals surface area contributed by atoms with Gasteiger partial charge in [-0.15, -0.1) is 0 Å². The maximum atomic E-state index is 10.5. The van der Waals surface area contributed by atoms with Crippen molar-refractivity contribution in [2.24, 2.45) is 0 Å². The summed E-state index contributed by atoms with van der Waals surface area (Å²) in [7, 11) is -1.99. The molecule has 4 heteroatoms. The molecule has 0 aliphatic rings. The molecule has 0 aromatic carbocycles. The molecule has 0 rings (SSSR count). The molecular weight excluding hydrogens is 148 g/mol. The summed E-state index contributed by atoms with van der Waals surface area (Å²) in [5, 5.41) is 16.4. The van der Waals surface area contributed by atoms with Gasteiger partial charge in [-0.1, -0.05) is 19.6 Å². The molecule has 0 unspecified atom stereocenters. The summed E-state index contributed by atoms with van der Waals surface area (Å²) in [5.41, 5.74) is 0. The molecule has 0 radical (unpaired) electrons. The van der Waals surface area contributed by atoms with E-state index in [0.717, 1.165) is 0 Å². The summed E-state index contributed by atoms with van der Waals surface area (Å²) in [6.45, 7) is 6.82. The van der Waals surface area contributed by atoms with Crippen molar-refractivity contribution in [1.29, 1.82) is 0 Å². The third kappa shape index (κ3) is 1.57. The first-order valence-corrected chi connectivity index (χ1v) is 6.65. The fraction of sp³-hybridized carbons (Fsp3) is 0.833. The Morgan fingerprint density at radius 3 is 1.70 bits per heavy atom. The fourth-order valence-electron chi connectivity index (χ4n) is 0.321. The lowest BCUT2D eigenvalue weighted by Crippen LogP contribution is -2.55. The van der Waals surface area contributed by atoms with Crippen molar-refractivity contribution in [2.75, 3.05) is 0 Å². The second-order valence-corrected chi connectivity index (χ2v) is 9.10. The average Bonchev–Trinajstić information content (AvgIpc) is 1.62. The molecule has 0 aliphatic heterocycles. The first-order chi connectivity index (χ1) is 4.19. The topological polar surface area (TPSA) is 57.5 Å². The molecule has 0 bridgehead atoms. The van der Waals surface area contributed by atoms with Crippen molar-refractivity contribution in [3.8, 4) is 0 Å². The van der Waals surface area contributed by atoms with E-state index >= 15 is 0 Å². The van der Waals surface area contributed by atoms with Crippen molar-refractivity contribution < 1.29 is 15.0 Å². The lowest BCUT2D eigenvalue weighted by Gasteiger charge is -2.30. The van der Waals surface area contributed by atoms with E-state index in [1.165, 1.54) is 6.92 Å². The Morgan fingerprint density at radius 2 is 1.70 bits per heavy atom. The maximum absolute atomic E-state index is 10.5. The number of rotatable bonds is 2. The van der Waals surface area contributed by atoms with Gasteiger partial charge in [-0.05, 0) is 6.92 Å². The van der Waals surface area contributed by atoms with Gasteiger partial charge in [0.25, 0.3) is 0 Å². The van der Waals surface area contributed by atoms with Gasteiger partial charge in [-0.25, -0.2) is 4.79 Å². The number of carboxylic acid groups (broad SMARTS) is 1. The molecule has 0 saturated heterocycles. The Balaban J connectivity index is 4.57. The number of aliphatic hydroxyl groups is 1. The van der Waals surface area contributed by atoms with Crippen LogP contribution in [0.25, 0.3) is 0 Å². The minimum atomic E-state index is -1.99. The van der Waals surface area contributed by atoms with Crippen LogP contribution in [-0.2, 0) is 4.79 Å². The molecule has 0 fully saturated rings. The van der Waals surface area contributed by atoms with Crippen LogP contribution in [0.3, 0.4) is 0 Å². The van der Waals surface area contributed by atoms with Crippen molar-refractivity contribution in [2.45, 2.75) is 31.8 Å². The number of hydrogen-bond acceptors (Lipinski definition) is 2. The highest BCUT2D eigenvalue weighted by Gasteiger charge is 2.43. The molecular formula is C6H14O3Si. The third-order valence-corrected chi connectivity index (χ3v) is 5.01. The molecule has 0 aromatic rings. The normalized spacial score (nSPS) is 18.1. The zero-order chi connectivity index (χ0) is 8.58. The summed E-state index contributed by atoms with van der Waals surface area (Å²) >= 11 is 0. The van der Waals surface area contributed by atoms with E-state index in [1.54, 1.807) is 0 Å². The van der Waals surface area contributed by atoms with Crippen molar-refractivity contribution in [1.82, 2.24) is 0 Å². The zero-order valence-corrected chi connectivity index (χ0v) is 7.80. The first kappa shape index (κ1) is 9.65. The van der Waals surface area contributed by atoms with Gasteiger partial charge in [0.2, 0.25) is 0 Å². The van der Waals surface area contributed by atoms with Crippen LogP contribution in [0.1, 0.15) is 6.92 Å². The van der Waals surface area contributed by atoms with Gasteiger partial charge >= 0.3 is 5.97 Å². The number of carbonyl (C=O) groups is 1. The second-order valence-electron chi connectivity index (χ2n) is 3.63. The lowest BCUT2D eigenvalue weighted by molar-refractivity contribution is -0.149. The molecule has 3 nitrogen and oxygen atoms in total. The SMILES string of the molecule is C[C@@](O)(C(=O)O)[Si](C)(C)C. The fourth-order valence-corrected chi connectivity index (χ4v) is 0.962. The molecule has 1 atom stereocenters. The Labute approximate surface area is 61.7 Å². The maximum Gasteiger partial charge on any atom is 0.331 e. The molecule has 10 heavy (non-hydrogen) atoms. The van der Waals surface area contributed by atoms with Crippen LogP contribution in [-0.4, -0.2) is 29.5 Å². The van der Waals surface area contributed by atoms with Crippen molar-refractivity contribution in [3.63, 3.8) is 0 Å². The van der Waals surface area contributed by atoms with Gasteiger partial charge in [0.15, 0.2) is 0 Å². The summed E-state index contributed by atoms with van der Waals surface area (Å²) in [6.07, 6.45) is 0. The number of aliphatic carboxylic acids is 1. The Kier molecular flexibility index (Phi) is 2.27. The highest BCUT2D eigenvalue weighted by Crippen LogP contribution is 2.19. The molecule has 2 N–H and O–H groups in total. The highest BCUT2D eigenvalue weighted by molar-refractivity contribution is 6.81. The molecule has 0 spiro atoms. The van der Waals surface area contributed by atoms with Gasteiger partial charge in [0, 0.05) is 0 Å². The summed E-state index contributed by atoms with van der Waals surface area (Å²) in [5.74, 6) is -1.12. The number of hydrogen-bond donors (Lipinski definition) is 2. The minimum Gasteiger partial charge on any atom is -0.479 e. The van der Waals surface area contributed by atoms with Gasteiger partial charge < -0.3 is 10.2 Å². The van der Waals surface area contributed by atoms with E-state index < -0.39 is 19.3 Å². The van der Waals surface area contributed by atoms with Crippen LogP contribution >= 0.6 is 0 Å². The van der Waals surface area contributed by atoms with Gasteiger partial charge in [-0.2, -0.15) is 0 Å².